The average molecular weight is 345 g/mol. The highest BCUT2D eigenvalue weighted by Crippen LogP contribution is 2.24. The SMILES string of the molecule is Nc1ccccc1SCC(=O)N1CCN(C(=O)c2ccco2)CC1. The third-order valence-electron chi connectivity index (χ3n) is 3.92. The number of amides is 2. The number of nitrogen functional groups attached to an aromatic ring is 1. The van der Waals surface area contributed by atoms with Gasteiger partial charge < -0.3 is 20.0 Å². The number of rotatable bonds is 4. The first-order chi connectivity index (χ1) is 11.6. The molecule has 2 aromatic rings. The fraction of sp³-hybridized carbons (Fsp3) is 0.294. The van der Waals surface area contributed by atoms with Gasteiger partial charge in [-0.25, -0.2) is 0 Å². The van der Waals surface area contributed by atoms with E-state index in [1.54, 1.807) is 21.9 Å². The maximum Gasteiger partial charge on any atom is 0.289 e. The van der Waals surface area contributed by atoms with Crippen molar-refractivity contribution in [1.29, 1.82) is 0 Å². The molecular weight excluding hydrogens is 326 g/mol. The average Bonchev–Trinajstić information content (AvgIpc) is 3.15. The summed E-state index contributed by atoms with van der Waals surface area (Å²) in [5, 5.41) is 0. The van der Waals surface area contributed by atoms with Crippen molar-refractivity contribution in [3.05, 3.63) is 48.4 Å². The monoisotopic (exact) mass is 345 g/mol. The molecule has 6 nitrogen and oxygen atoms in total. The molecule has 0 atom stereocenters. The van der Waals surface area contributed by atoms with E-state index in [4.69, 9.17) is 10.2 Å². The molecule has 0 aliphatic carbocycles. The number of anilines is 1. The largest absolute Gasteiger partial charge is 0.459 e. The molecule has 1 aromatic carbocycles. The van der Waals surface area contributed by atoms with E-state index < -0.39 is 0 Å². The minimum atomic E-state index is -0.126. The van der Waals surface area contributed by atoms with E-state index in [9.17, 15) is 9.59 Å². The lowest BCUT2D eigenvalue weighted by atomic mass is 10.3. The first-order valence-electron chi connectivity index (χ1n) is 7.73. The molecule has 0 bridgehead atoms. The van der Waals surface area contributed by atoms with Crippen molar-refractivity contribution in [2.75, 3.05) is 37.7 Å². The van der Waals surface area contributed by atoms with Crippen LogP contribution in [0.5, 0.6) is 0 Å². The predicted molar refractivity (Wildman–Crippen MR) is 92.8 cm³/mol. The van der Waals surface area contributed by atoms with Gasteiger partial charge in [0.05, 0.1) is 12.0 Å². The molecule has 24 heavy (non-hydrogen) atoms. The Labute approximate surface area is 144 Å². The number of piperazine rings is 1. The van der Waals surface area contributed by atoms with Crippen LogP contribution in [-0.4, -0.2) is 53.5 Å². The van der Waals surface area contributed by atoms with Gasteiger partial charge in [-0.3, -0.25) is 9.59 Å². The van der Waals surface area contributed by atoms with Gasteiger partial charge in [0.1, 0.15) is 0 Å². The molecule has 1 saturated heterocycles. The Kier molecular flexibility index (Phi) is 5.10. The maximum atomic E-state index is 12.3. The van der Waals surface area contributed by atoms with Gasteiger partial charge in [-0.2, -0.15) is 0 Å². The number of para-hydroxylation sites is 1. The van der Waals surface area contributed by atoms with Crippen LogP contribution in [0.3, 0.4) is 0 Å². The van der Waals surface area contributed by atoms with E-state index in [0.29, 0.717) is 43.4 Å². The molecule has 1 aliphatic heterocycles. The second kappa shape index (κ2) is 7.44. The summed E-state index contributed by atoms with van der Waals surface area (Å²) in [6, 6.07) is 10.9. The molecule has 0 saturated carbocycles. The summed E-state index contributed by atoms with van der Waals surface area (Å²) in [5.41, 5.74) is 6.57. The van der Waals surface area contributed by atoms with Crippen molar-refractivity contribution in [2.24, 2.45) is 0 Å². The zero-order valence-corrected chi connectivity index (χ0v) is 14.0. The Balaban J connectivity index is 1.48. The van der Waals surface area contributed by atoms with Gasteiger partial charge in [0.2, 0.25) is 5.91 Å². The van der Waals surface area contributed by atoms with Crippen LogP contribution in [0.25, 0.3) is 0 Å². The lowest BCUT2D eigenvalue weighted by Gasteiger charge is -2.34. The van der Waals surface area contributed by atoms with Crippen LogP contribution in [0.1, 0.15) is 10.6 Å². The van der Waals surface area contributed by atoms with Crippen molar-refractivity contribution in [3.8, 4) is 0 Å². The van der Waals surface area contributed by atoms with Crippen LogP contribution in [0.2, 0.25) is 0 Å². The number of hydrogen-bond acceptors (Lipinski definition) is 5. The van der Waals surface area contributed by atoms with E-state index >= 15 is 0 Å². The van der Waals surface area contributed by atoms with Crippen molar-refractivity contribution in [3.63, 3.8) is 0 Å². The minimum Gasteiger partial charge on any atom is -0.459 e. The fourth-order valence-electron chi connectivity index (χ4n) is 2.56. The van der Waals surface area contributed by atoms with E-state index in [-0.39, 0.29) is 11.8 Å². The highest BCUT2D eigenvalue weighted by Gasteiger charge is 2.25. The molecule has 0 unspecified atom stereocenters. The van der Waals surface area contributed by atoms with Gasteiger partial charge in [-0.15, -0.1) is 11.8 Å². The maximum absolute atomic E-state index is 12.3. The number of nitrogens with zero attached hydrogens (tertiary/aromatic N) is 2. The van der Waals surface area contributed by atoms with Crippen LogP contribution in [0.4, 0.5) is 5.69 Å². The molecule has 126 valence electrons. The Hall–Kier alpha value is -2.41. The first-order valence-corrected chi connectivity index (χ1v) is 8.71. The third-order valence-corrected chi connectivity index (χ3v) is 5.00. The summed E-state index contributed by atoms with van der Waals surface area (Å²) in [6.07, 6.45) is 1.49. The molecule has 2 amide bonds. The second-order valence-corrected chi connectivity index (χ2v) is 6.49. The number of thioether (sulfide) groups is 1. The molecule has 1 aromatic heterocycles. The van der Waals surface area contributed by atoms with Gasteiger partial charge in [0.25, 0.3) is 5.91 Å². The van der Waals surface area contributed by atoms with E-state index in [1.165, 1.54) is 18.0 Å². The number of hydrogen-bond donors (Lipinski definition) is 1. The third kappa shape index (κ3) is 3.73. The zero-order valence-electron chi connectivity index (χ0n) is 13.2. The number of furan rings is 1. The highest BCUT2D eigenvalue weighted by molar-refractivity contribution is 8.00. The molecule has 2 N–H and O–H groups in total. The van der Waals surface area contributed by atoms with Gasteiger partial charge >= 0.3 is 0 Å². The summed E-state index contributed by atoms with van der Waals surface area (Å²) >= 11 is 1.44. The summed E-state index contributed by atoms with van der Waals surface area (Å²) in [5.74, 6) is 0.622. The van der Waals surface area contributed by atoms with E-state index in [0.717, 1.165) is 4.90 Å². The molecule has 1 fully saturated rings. The summed E-state index contributed by atoms with van der Waals surface area (Å²) in [6.45, 7) is 2.11. The smallest absolute Gasteiger partial charge is 0.289 e. The Morgan fingerprint density at radius 1 is 1.04 bits per heavy atom. The molecular formula is C17H19N3O3S. The predicted octanol–water partition coefficient (Wildman–Crippen LogP) is 1.94. The normalized spacial score (nSPS) is 14.7. The van der Waals surface area contributed by atoms with Crippen LogP contribution in [-0.2, 0) is 4.79 Å². The van der Waals surface area contributed by atoms with Gasteiger partial charge in [0, 0.05) is 36.8 Å². The molecule has 3 rings (SSSR count). The van der Waals surface area contributed by atoms with Gasteiger partial charge in [-0.1, -0.05) is 12.1 Å². The van der Waals surface area contributed by atoms with E-state index in [1.807, 2.05) is 24.3 Å². The van der Waals surface area contributed by atoms with Crippen LogP contribution >= 0.6 is 11.8 Å². The summed E-state index contributed by atoms with van der Waals surface area (Å²) in [4.78, 5) is 28.9. The van der Waals surface area contributed by atoms with Gasteiger partial charge in [0.15, 0.2) is 5.76 Å². The Bertz CT molecular complexity index is 710. The molecule has 7 heteroatoms. The second-order valence-electron chi connectivity index (χ2n) is 5.48. The minimum absolute atomic E-state index is 0.0633. The summed E-state index contributed by atoms with van der Waals surface area (Å²) in [7, 11) is 0. The first kappa shape index (κ1) is 16.4. The molecule has 1 aliphatic rings. The topological polar surface area (TPSA) is 79.8 Å². The lowest BCUT2D eigenvalue weighted by molar-refractivity contribution is -0.129. The van der Waals surface area contributed by atoms with E-state index in [2.05, 4.69) is 0 Å². The van der Waals surface area contributed by atoms with Crippen molar-refractivity contribution < 1.29 is 14.0 Å². The van der Waals surface area contributed by atoms with Crippen LogP contribution in [0.15, 0.2) is 52.0 Å². The quantitative estimate of drug-likeness (QED) is 0.677. The number of benzene rings is 1. The standard InChI is InChI=1S/C17H19N3O3S/c18-13-4-1-2-6-15(13)24-12-16(21)19-7-9-20(10-8-19)17(22)14-5-3-11-23-14/h1-6,11H,7-10,12,18H2. The highest BCUT2D eigenvalue weighted by atomic mass is 32.2. The molecule has 0 radical (unpaired) electrons. The van der Waals surface area contributed by atoms with Crippen LogP contribution in [0, 0.1) is 0 Å². The fourth-order valence-corrected chi connectivity index (χ4v) is 3.43. The number of nitrogens with two attached hydrogens (primary N) is 1. The van der Waals surface area contributed by atoms with Crippen molar-refractivity contribution in [1.82, 2.24) is 9.80 Å². The van der Waals surface area contributed by atoms with Crippen molar-refractivity contribution >= 4 is 29.3 Å². The zero-order chi connectivity index (χ0) is 16.9. The number of carbonyl (C=O) groups excluding carboxylic acids is 2. The lowest BCUT2D eigenvalue weighted by Crippen LogP contribution is -2.51. The molecule has 0 spiro atoms. The summed E-state index contributed by atoms with van der Waals surface area (Å²) < 4.78 is 5.13. The Morgan fingerprint density at radius 2 is 1.75 bits per heavy atom. The van der Waals surface area contributed by atoms with Crippen molar-refractivity contribution in [2.45, 2.75) is 4.90 Å². The van der Waals surface area contributed by atoms with Crippen LogP contribution < -0.4 is 5.73 Å². The Morgan fingerprint density at radius 3 is 2.42 bits per heavy atom. The molecule has 2 heterocycles. The number of carbonyl (C=O) groups is 2. The van der Waals surface area contributed by atoms with Gasteiger partial charge in [-0.05, 0) is 24.3 Å².